The van der Waals surface area contributed by atoms with E-state index in [4.69, 9.17) is 4.98 Å². The van der Waals surface area contributed by atoms with Gasteiger partial charge in [-0.1, -0.05) is 6.07 Å². The Kier molecular flexibility index (Phi) is 4.29. The minimum absolute atomic E-state index is 0.173. The van der Waals surface area contributed by atoms with Crippen LogP contribution < -0.4 is 9.80 Å². The molecule has 1 unspecified atom stereocenters. The van der Waals surface area contributed by atoms with E-state index in [2.05, 4.69) is 25.9 Å². The van der Waals surface area contributed by atoms with E-state index >= 15 is 0 Å². The van der Waals surface area contributed by atoms with Crippen molar-refractivity contribution < 1.29 is 8.78 Å². The van der Waals surface area contributed by atoms with Gasteiger partial charge in [0.1, 0.15) is 5.82 Å². The Labute approximate surface area is 167 Å². The number of anilines is 2. The van der Waals surface area contributed by atoms with Crippen molar-refractivity contribution in [2.24, 2.45) is 0 Å². The van der Waals surface area contributed by atoms with Crippen LogP contribution in [0.3, 0.4) is 0 Å². The Hall–Kier alpha value is -2.90. The number of hydrogen-bond donors (Lipinski definition) is 0. The molecule has 5 rings (SSSR count). The number of fused-ring (bicyclic) bond motifs is 1. The van der Waals surface area contributed by atoms with Crippen molar-refractivity contribution in [1.29, 1.82) is 0 Å². The summed E-state index contributed by atoms with van der Waals surface area (Å²) in [5, 5.41) is 0.879. The monoisotopic (exact) mass is 396 g/mol. The molecule has 0 radical (unpaired) electrons. The van der Waals surface area contributed by atoms with E-state index in [9.17, 15) is 8.78 Å². The number of alkyl halides is 2. The van der Waals surface area contributed by atoms with Gasteiger partial charge in [-0.3, -0.25) is 4.98 Å². The number of hydrogen-bond acceptors (Lipinski definition) is 6. The second kappa shape index (κ2) is 6.86. The van der Waals surface area contributed by atoms with Gasteiger partial charge in [-0.2, -0.15) is 9.97 Å². The summed E-state index contributed by atoms with van der Waals surface area (Å²) in [6.07, 6.45) is 4.17. The molecule has 2 aliphatic rings. The lowest BCUT2D eigenvalue weighted by molar-refractivity contribution is -0.0222. The average molecular weight is 396 g/mol. The summed E-state index contributed by atoms with van der Waals surface area (Å²) in [6, 6.07) is 8.10. The van der Waals surface area contributed by atoms with Gasteiger partial charge in [-0.05, 0) is 37.1 Å². The summed E-state index contributed by atoms with van der Waals surface area (Å²) in [5.74, 6) is -1.31. The average Bonchev–Trinajstić information content (AvgIpc) is 2.69. The fourth-order valence-corrected chi connectivity index (χ4v) is 4.14. The van der Waals surface area contributed by atoms with Crippen LogP contribution in [0.1, 0.15) is 36.6 Å². The highest BCUT2D eigenvalue weighted by molar-refractivity contribution is 5.88. The van der Waals surface area contributed by atoms with Gasteiger partial charge in [0.25, 0.3) is 5.92 Å². The van der Waals surface area contributed by atoms with E-state index < -0.39 is 5.92 Å². The van der Waals surface area contributed by atoms with Gasteiger partial charge >= 0.3 is 0 Å². The Morgan fingerprint density at radius 1 is 1.00 bits per heavy atom. The summed E-state index contributed by atoms with van der Waals surface area (Å²) < 4.78 is 27.2. The maximum absolute atomic E-state index is 13.6. The molecule has 8 heteroatoms. The highest BCUT2D eigenvalue weighted by Gasteiger charge is 2.37. The second-order valence-corrected chi connectivity index (χ2v) is 7.74. The minimum atomic E-state index is -2.60. The molecule has 2 saturated heterocycles. The van der Waals surface area contributed by atoms with Crippen LogP contribution in [-0.4, -0.2) is 45.5 Å². The van der Waals surface area contributed by atoms with Crippen molar-refractivity contribution >= 4 is 22.8 Å². The Morgan fingerprint density at radius 3 is 2.48 bits per heavy atom. The molecule has 6 nitrogen and oxygen atoms in total. The van der Waals surface area contributed by atoms with E-state index in [-0.39, 0.29) is 32.0 Å². The molecule has 0 spiro atoms. The molecule has 2 aliphatic heterocycles. The third kappa shape index (κ3) is 3.26. The van der Waals surface area contributed by atoms with Crippen LogP contribution in [0.2, 0.25) is 0 Å². The van der Waals surface area contributed by atoms with E-state index in [0.717, 1.165) is 29.9 Å². The molecule has 0 bridgehead atoms. The number of rotatable bonds is 3. The smallest absolute Gasteiger partial charge is 0.251 e. The topological polar surface area (TPSA) is 58.0 Å². The van der Waals surface area contributed by atoms with Crippen molar-refractivity contribution in [3.8, 4) is 0 Å². The lowest BCUT2D eigenvalue weighted by Crippen LogP contribution is -2.43. The standard InChI is InChI=1S/C21H22F2N6/c1-14-15(4-2-9-24-14)17-6-11-29(17)19-16-5-3-10-25-18(16)26-20(27-19)28-12-7-21(22,23)8-13-28/h2-5,9-10,17H,6-8,11-13H2,1H3. The van der Waals surface area contributed by atoms with Crippen LogP contribution in [0.25, 0.3) is 11.0 Å². The number of aryl methyl sites for hydroxylation is 1. The van der Waals surface area contributed by atoms with Gasteiger partial charge in [-0.15, -0.1) is 0 Å². The zero-order chi connectivity index (χ0) is 20.0. The van der Waals surface area contributed by atoms with Gasteiger partial charge in [0.2, 0.25) is 5.95 Å². The Morgan fingerprint density at radius 2 is 1.76 bits per heavy atom. The highest BCUT2D eigenvalue weighted by Crippen LogP contribution is 2.41. The van der Waals surface area contributed by atoms with Crippen molar-refractivity contribution in [3.63, 3.8) is 0 Å². The normalized spacial score (nSPS) is 21.3. The first kappa shape index (κ1) is 18.1. The van der Waals surface area contributed by atoms with Gasteiger partial charge in [-0.25, -0.2) is 13.8 Å². The van der Waals surface area contributed by atoms with Crippen LogP contribution in [0.15, 0.2) is 36.7 Å². The zero-order valence-electron chi connectivity index (χ0n) is 16.2. The molecule has 0 saturated carbocycles. The first-order valence-electron chi connectivity index (χ1n) is 9.95. The summed E-state index contributed by atoms with van der Waals surface area (Å²) in [6.45, 7) is 3.38. The fourth-order valence-electron chi connectivity index (χ4n) is 4.14. The summed E-state index contributed by atoms with van der Waals surface area (Å²) >= 11 is 0. The predicted molar refractivity (Wildman–Crippen MR) is 107 cm³/mol. The van der Waals surface area contributed by atoms with Crippen LogP contribution in [0.4, 0.5) is 20.5 Å². The van der Waals surface area contributed by atoms with E-state index in [1.54, 1.807) is 12.4 Å². The molecule has 3 aromatic heterocycles. The summed E-state index contributed by atoms with van der Waals surface area (Å²) in [4.78, 5) is 22.4. The van der Waals surface area contributed by atoms with Crippen molar-refractivity contribution in [3.05, 3.63) is 47.9 Å². The molecule has 150 valence electrons. The lowest BCUT2D eigenvalue weighted by atomic mass is 9.93. The van der Waals surface area contributed by atoms with Crippen molar-refractivity contribution in [2.75, 3.05) is 29.4 Å². The van der Waals surface area contributed by atoms with E-state index in [1.165, 1.54) is 5.56 Å². The van der Waals surface area contributed by atoms with Gasteiger partial charge in [0, 0.05) is 50.6 Å². The SMILES string of the molecule is Cc1ncccc1C1CCN1c1nc(N2CCC(F)(F)CC2)nc2ncccc12. The molecule has 29 heavy (non-hydrogen) atoms. The minimum Gasteiger partial charge on any atom is -0.349 e. The molecule has 1 atom stereocenters. The number of pyridine rings is 2. The van der Waals surface area contributed by atoms with Crippen LogP contribution in [0, 0.1) is 6.92 Å². The maximum atomic E-state index is 13.6. The molecule has 0 N–H and O–H groups in total. The first-order chi connectivity index (χ1) is 14.0. The van der Waals surface area contributed by atoms with Gasteiger partial charge in [0.05, 0.1) is 11.4 Å². The molecular weight excluding hydrogens is 374 g/mol. The van der Waals surface area contributed by atoms with Gasteiger partial charge < -0.3 is 9.80 Å². The Bertz CT molecular complexity index is 1050. The number of aromatic nitrogens is 4. The largest absolute Gasteiger partial charge is 0.349 e. The molecule has 0 aromatic carbocycles. The fraction of sp³-hybridized carbons (Fsp3) is 0.429. The number of nitrogens with zero attached hydrogens (tertiary/aromatic N) is 6. The van der Waals surface area contributed by atoms with E-state index in [0.29, 0.717) is 11.6 Å². The third-order valence-corrected chi connectivity index (χ3v) is 5.92. The second-order valence-electron chi connectivity index (χ2n) is 7.74. The molecule has 0 amide bonds. The first-order valence-corrected chi connectivity index (χ1v) is 9.95. The Balaban J connectivity index is 1.54. The number of piperidine rings is 1. The van der Waals surface area contributed by atoms with Crippen LogP contribution in [-0.2, 0) is 0 Å². The van der Waals surface area contributed by atoms with Crippen LogP contribution >= 0.6 is 0 Å². The predicted octanol–water partition coefficient (Wildman–Crippen LogP) is 3.92. The highest BCUT2D eigenvalue weighted by atomic mass is 19.3. The van der Waals surface area contributed by atoms with Gasteiger partial charge in [0.15, 0.2) is 5.65 Å². The maximum Gasteiger partial charge on any atom is 0.251 e. The van der Waals surface area contributed by atoms with Crippen molar-refractivity contribution in [1.82, 2.24) is 19.9 Å². The van der Waals surface area contributed by atoms with E-state index in [1.807, 2.05) is 30.0 Å². The molecule has 2 fully saturated rings. The molecule has 5 heterocycles. The molecular formula is C21H22F2N6. The quantitative estimate of drug-likeness (QED) is 0.669. The summed E-state index contributed by atoms with van der Waals surface area (Å²) in [7, 11) is 0. The van der Waals surface area contributed by atoms with Crippen molar-refractivity contribution in [2.45, 2.75) is 38.2 Å². The lowest BCUT2D eigenvalue weighted by Gasteiger charge is -2.43. The summed E-state index contributed by atoms with van der Waals surface area (Å²) in [5.41, 5.74) is 2.80. The zero-order valence-corrected chi connectivity index (χ0v) is 16.2. The van der Waals surface area contributed by atoms with Crippen LogP contribution in [0.5, 0.6) is 0 Å². The molecule has 0 aliphatic carbocycles. The molecule has 3 aromatic rings. The number of halogens is 2. The third-order valence-electron chi connectivity index (χ3n) is 5.92.